The largest absolute Gasteiger partial charge is 0.495 e. The van der Waals surface area contributed by atoms with Gasteiger partial charge in [0, 0.05) is 26.2 Å². The Bertz CT molecular complexity index is 1090. The van der Waals surface area contributed by atoms with E-state index < -0.39 is 10.0 Å². The first-order chi connectivity index (χ1) is 14.3. The normalized spacial score (nSPS) is 11.5. The van der Waals surface area contributed by atoms with Crippen molar-refractivity contribution >= 4 is 15.9 Å². The number of hydrogen-bond acceptors (Lipinski definition) is 5. The SMILES string of the molecule is COc1ccc(C(=O)N(Cc2ccccc2)Cc2ccco2)cc1S(=O)(=O)N(C)C. The Labute approximate surface area is 176 Å². The zero-order valence-electron chi connectivity index (χ0n) is 17.1. The molecule has 0 fully saturated rings. The van der Waals surface area contributed by atoms with Crippen LogP contribution in [0.1, 0.15) is 21.7 Å². The first kappa shape index (κ1) is 21.6. The smallest absolute Gasteiger partial charge is 0.254 e. The monoisotopic (exact) mass is 428 g/mol. The first-order valence-electron chi connectivity index (χ1n) is 9.29. The lowest BCUT2D eigenvalue weighted by Crippen LogP contribution is -2.30. The Balaban J connectivity index is 1.99. The number of sulfonamides is 1. The van der Waals surface area contributed by atoms with Gasteiger partial charge in [-0.1, -0.05) is 30.3 Å². The topological polar surface area (TPSA) is 80.1 Å². The molecule has 8 heteroatoms. The molecule has 30 heavy (non-hydrogen) atoms. The van der Waals surface area contributed by atoms with Crippen LogP contribution < -0.4 is 4.74 Å². The maximum atomic E-state index is 13.4. The summed E-state index contributed by atoms with van der Waals surface area (Å²) in [4.78, 5) is 14.9. The third kappa shape index (κ3) is 4.72. The zero-order chi connectivity index (χ0) is 21.7. The van der Waals surface area contributed by atoms with E-state index in [0.29, 0.717) is 12.3 Å². The fourth-order valence-corrected chi connectivity index (χ4v) is 4.06. The summed E-state index contributed by atoms with van der Waals surface area (Å²) in [5.41, 5.74) is 1.20. The van der Waals surface area contributed by atoms with Gasteiger partial charge in [-0.05, 0) is 35.9 Å². The van der Waals surface area contributed by atoms with Crippen molar-refractivity contribution in [2.45, 2.75) is 18.0 Å². The average Bonchev–Trinajstić information content (AvgIpc) is 3.26. The summed E-state index contributed by atoms with van der Waals surface area (Å²) in [6, 6.07) is 17.5. The number of amides is 1. The zero-order valence-corrected chi connectivity index (χ0v) is 17.9. The number of carbonyl (C=O) groups is 1. The fourth-order valence-electron chi connectivity index (χ4n) is 2.98. The number of furan rings is 1. The molecule has 0 spiro atoms. The second-order valence-corrected chi connectivity index (χ2v) is 9.00. The van der Waals surface area contributed by atoms with Crippen LogP contribution in [0.5, 0.6) is 5.75 Å². The molecular formula is C22H24N2O5S. The molecule has 1 heterocycles. The van der Waals surface area contributed by atoms with E-state index in [1.165, 1.54) is 33.3 Å². The van der Waals surface area contributed by atoms with Crippen LogP contribution in [0.15, 0.2) is 76.2 Å². The van der Waals surface area contributed by atoms with E-state index in [-0.39, 0.29) is 28.7 Å². The predicted molar refractivity (Wildman–Crippen MR) is 113 cm³/mol. The molecule has 0 bridgehead atoms. The van der Waals surface area contributed by atoms with Crippen LogP contribution in [0.3, 0.4) is 0 Å². The third-order valence-electron chi connectivity index (χ3n) is 4.60. The maximum absolute atomic E-state index is 13.4. The first-order valence-corrected chi connectivity index (χ1v) is 10.7. The van der Waals surface area contributed by atoms with Crippen molar-refractivity contribution in [1.82, 2.24) is 9.21 Å². The second-order valence-electron chi connectivity index (χ2n) is 6.88. The van der Waals surface area contributed by atoms with Crippen molar-refractivity contribution in [2.24, 2.45) is 0 Å². The number of hydrogen-bond donors (Lipinski definition) is 0. The quantitative estimate of drug-likeness (QED) is 0.550. The van der Waals surface area contributed by atoms with Crippen LogP contribution in [0.4, 0.5) is 0 Å². The number of ether oxygens (including phenoxy) is 1. The Kier molecular flexibility index (Phi) is 6.59. The number of methoxy groups -OCH3 is 1. The van der Waals surface area contributed by atoms with E-state index in [1.807, 2.05) is 30.3 Å². The highest BCUT2D eigenvalue weighted by Crippen LogP contribution is 2.28. The standard InChI is InChI=1S/C22H24N2O5S/c1-23(2)30(26,27)21-14-18(11-12-20(21)28-3)22(25)24(16-19-10-7-13-29-19)15-17-8-5-4-6-9-17/h4-14H,15-16H2,1-3H3. The highest BCUT2D eigenvalue weighted by Gasteiger charge is 2.26. The van der Waals surface area contributed by atoms with Gasteiger partial charge in [-0.3, -0.25) is 4.79 Å². The van der Waals surface area contributed by atoms with Gasteiger partial charge in [0.15, 0.2) is 0 Å². The van der Waals surface area contributed by atoms with Gasteiger partial charge >= 0.3 is 0 Å². The minimum atomic E-state index is -3.79. The van der Waals surface area contributed by atoms with Crippen LogP contribution in [0.25, 0.3) is 0 Å². The summed E-state index contributed by atoms with van der Waals surface area (Å²) in [5.74, 6) is 0.503. The molecular weight excluding hydrogens is 404 g/mol. The van der Waals surface area contributed by atoms with E-state index in [9.17, 15) is 13.2 Å². The van der Waals surface area contributed by atoms with Crippen molar-refractivity contribution in [3.8, 4) is 5.75 Å². The van der Waals surface area contributed by atoms with Crippen molar-refractivity contribution in [1.29, 1.82) is 0 Å². The molecule has 0 saturated carbocycles. The molecule has 3 rings (SSSR count). The lowest BCUT2D eigenvalue weighted by Gasteiger charge is -2.23. The van der Waals surface area contributed by atoms with E-state index in [4.69, 9.17) is 9.15 Å². The molecule has 7 nitrogen and oxygen atoms in total. The van der Waals surface area contributed by atoms with E-state index in [1.54, 1.807) is 29.4 Å². The molecule has 158 valence electrons. The van der Waals surface area contributed by atoms with Gasteiger partial charge in [0.1, 0.15) is 16.4 Å². The summed E-state index contributed by atoms with van der Waals surface area (Å²) in [5, 5.41) is 0. The van der Waals surface area contributed by atoms with Gasteiger partial charge in [0.2, 0.25) is 10.0 Å². The molecule has 3 aromatic rings. The Morgan fingerprint density at radius 3 is 2.33 bits per heavy atom. The van der Waals surface area contributed by atoms with Gasteiger partial charge in [0.25, 0.3) is 5.91 Å². The third-order valence-corrected chi connectivity index (χ3v) is 6.44. The minimum Gasteiger partial charge on any atom is -0.495 e. The summed E-state index contributed by atoms with van der Waals surface area (Å²) < 4.78 is 37.1. The van der Waals surface area contributed by atoms with Gasteiger partial charge in [-0.2, -0.15) is 0 Å². The van der Waals surface area contributed by atoms with Crippen molar-refractivity contribution in [3.63, 3.8) is 0 Å². The molecule has 0 N–H and O–H groups in total. The summed E-state index contributed by atoms with van der Waals surface area (Å²) in [6.45, 7) is 0.602. The average molecular weight is 429 g/mol. The Hall–Kier alpha value is -3.10. The van der Waals surface area contributed by atoms with E-state index in [0.717, 1.165) is 9.87 Å². The highest BCUT2D eigenvalue weighted by molar-refractivity contribution is 7.89. The maximum Gasteiger partial charge on any atom is 0.254 e. The molecule has 0 radical (unpaired) electrons. The van der Waals surface area contributed by atoms with Crippen molar-refractivity contribution < 1.29 is 22.4 Å². The lowest BCUT2D eigenvalue weighted by atomic mass is 10.1. The highest BCUT2D eigenvalue weighted by atomic mass is 32.2. The van der Waals surface area contributed by atoms with Crippen LogP contribution in [-0.4, -0.2) is 44.7 Å². The molecule has 0 saturated heterocycles. The predicted octanol–water partition coefficient (Wildman–Crippen LogP) is 3.38. The molecule has 0 unspecified atom stereocenters. The molecule has 0 aliphatic heterocycles. The number of carbonyl (C=O) groups excluding carboxylic acids is 1. The van der Waals surface area contributed by atoms with Gasteiger partial charge in [0.05, 0.1) is 19.9 Å². The van der Waals surface area contributed by atoms with Crippen LogP contribution >= 0.6 is 0 Å². The minimum absolute atomic E-state index is 0.0569. The molecule has 0 atom stereocenters. The summed E-state index contributed by atoms with van der Waals surface area (Å²) in [6.07, 6.45) is 1.55. The van der Waals surface area contributed by atoms with Crippen molar-refractivity contribution in [3.05, 3.63) is 83.8 Å². The van der Waals surface area contributed by atoms with Crippen LogP contribution in [-0.2, 0) is 23.1 Å². The van der Waals surface area contributed by atoms with Gasteiger partial charge in [-0.25, -0.2) is 12.7 Å². The number of rotatable bonds is 8. The Morgan fingerprint density at radius 1 is 1.00 bits per heavy atom. The summed E-state index contributed by atoms with van der Waals surface area (Å²) >= 11 is 0. The lowest BCUT2D eigenvalue weighted by molar-refractivity contribution is 0.0717. The molecule has 1 amide bonds. The molecule has 2 aromatic carbocycles. The van der Waals surface area contributed by atoms with Crippen molar-refractivity contribution in [2.75, 3.05) is 21.2 Å². The van der Waals surface area contributed by atoms with Gasteiger partial charge in [-0.15, -0.1) is 0 Å². The molecule has 0 aliphatic rings. The molecule has 0 aliphatic carbocycles. The van der Waals surface area contributed by atoms with E-state index in [2.05, 4.69) is 0 Å². The van der Waals surface area contributed by atoms with Crippen LogP contribution in [0.2, 0.25) is 0 Å². The summed E-state index contributed by atoms with van der Waals surface area (Å²) in [7, 11) is 0.467. The number of nitrogens with zero attached hydrogens (tertiary/aromatic N) is 2. The van der Waals surface area contributed by atoms with E-state index >= 15 is 0 Å². The second kappa shape index (κ2) is 9.15. The van der Waals surface area contributed by atoms with Crippen LogP contribution in [0, 0.1) is 0 Å². The fraction of sp³-hybridized carbons (Fsp3) is 0.227. The Morgan fingerprint density at radius 2 is 1.73 bits per heavy atom. The van der Waals surface area contributed by atoms with Gasteiger partial charge < -0.3 is 14.1 Å². The number of benzene rings is 2. The molecule has 1 aromatic heterocycles.